The van der Waals surface area contributed by atoms with Crippen molar-refractivity contribution in [3.63, 3.8) is 0 Å². The molecule has 1 saturated heterocycles. The Morgan fingerprint density at radius 3 is 2.52 bits per heavy atom. The van der Waals surface area contributed by atoms with Crippen LogP contribution in [0, 0.1) is 0 Å². The van der Waals surface area contributed by atoms with Crippen molar-refractivity contribution in [3.8, 4) is 11.5 Å². The van der Waals surface area contributed by atoms with Crippen LogP contribution >= 0.6 is 23.8 Å². The molecule has 7 nitrogen and oxygen atoms in total. The van der Waals surface area contributed by atoms with Crippen molar-refractivity contribution in [3.05, 3.63) is 47.0 Å². The summed E-state index contributed by atoms with van der Waals surface area (Å²) in [5.41, 5.74) is 2.16. The van der Waals surface area contributed by atoms with Crippen LogP contribution in [-0.4, -0.2) is 61.9 Å². The molecule has 0 unspecified atom stereocenters. The summed E-state index contributed by atoms with van der Waals surface area (Å²) >= 11 is 11.8. The topological polar surface area (TPSA) is 66.1 Å². The summed E-state index contributed by atoms with van der Waals surface area (Å²) in [6.07, 6.45) is 0. The van der Waals surface area contributed by atoms with Crippen molar-refractivity contribution in [2.24, 2.45) is 0 Å². The number of halogens is 1. The summed E-state index contributed by atoms with van der Waals surface area (Å²) < 4.78 is 11.0. The van der Waals surface area contributed by atoms with Gasteiger partial charge in [0.15, 0.2) is 16.6 Å². The van der Waals surface area contributed by atoms with Gasteiger partial charge in [-0.2, -0.15) is 0 Å². The molecule has 0 saturated carbocycles. The normalized spacial score (nSPS) is 16.0. The molecule has 2 aliphatic rings. The molecule has 1 amide bonds. The van der Waals surface area contributed by atoms with Crippen molar-refractivity contribution in [1.82, 2.24) is 10.2 Å². The second-order valence-corrected chi connectivity index (χ2v) is 8.17. The largest absolute Gasteiger partial charge is 0.486 e. The standard InChI is InChI=1S/C22H25ClN4O3S/c1-2-26-7-9-27(10-8-26)18-5-4-16(14-17(18)23)24-22(31)25-21(28)15-3-6-19-20(13-15)30-12-11-29-19/h3-6,13-14H,2,7-12H2,1H3,(H2,24,25,28,31). The molecular weight excluding hydrogens is 436 g/mol. The van der Waals surface area contributed by atoms with Gasteiger partial charge in [-0.15, -0.1) is 0 Å². The summed E-state index contributed by atoms with van der Waals surface area (Å²) in [6.45, 7) is 8.17. The van der Waals surface area contributed by atoms with Crippen LogP contribution in [0.3, 0.4) is 0 Å². The maximum absolute atomic E-state index is 12.5. The zero-order valence-corrected chi connectivity index (χ0v) is 18.9. The lowest BCUT2D eigenvalue weighted by Crippen LogP contribution is -2.46. The lowest BCUT2D eigenvalue weighted by Gasteiger charge is -2.36. The SMILES string of the molecule is CCN1CCN(c2ccc(NC(=S)NC(=O)c3ccc4c(c3)OCCO4)cc2Cl)CC1. The van der Waals surface area contributed by atoms with Crippen molar-refractivity contribution >= 4 is 46.2 Å². The third kappa shape index (κ3) is 5.20. The Hall–Kier alpha value is -2.55. The maximum Gasteiger partial charge on any atom is 0.257 e. The van der Waals surface area contributed by atoms with Crippen molar-refractivity contribution in [2.75, 3.05) is 56.2 Å². The van der Waals surface area contributed by atoms with Gasteiger partial charge in [0.2, 0.25) is 0 Å². The van der Waals surface area contributed by atoms with E-state index in [-0.39, 0.29) is 11.0 Å². The van der Waals surface area contributed by atoms with Crippen molar-refractivity contribution < 1.29 is 14.3 Å². The highest BCUT2D eigenvalue weighted by molar-refractivity contribution is 7.80. The van der Waals surface area contributed by atoms with Gasteiger partial charge in [-0.05, 0) is 55.2 Å². The van der Waals surface area contributed by atoms with E-state index in [0.29, 0.717) is 41.0 Å². The number of thiocarbonyl (C=S) groups is 1. The van der Waals surface area contributed by atoms with E-state index < -0.39 is 0 Å². The Morgan fingerprint density at radius 2 is 1.81 bits per heavy atom. The van der Waals surface area contributed by atoms with Crippen LogP contribution in [-0.2, 0) is 0 Å². The number of nitrogens with one attached hydrogen (secondary N) is 2. The number of hydrogen-bond donors (Lipinski definition) is 2. The summed E-state index contributed by atoms with van der Waals surface area (Å²) in [5.74, 6) is 0.861. The highest BCUT2D eigenvalue weighted by Gasteiger charge is 2.19. The quantitative estimate of drug-likeness (QED) is 0.678. The molecule has 0 radical (unpaired) electrons. The first kappa shape index (κ1) is 21.7. The lowest BCUT2D eigenvalue weighted by atomic mass is 10.2. The molecular formula is C22H25ClN4O3S. The molecule has 0 aromatic heterocycles. The van der Waals surface area contributed by atoms with Crippen LogP contribution in [0.15, 0.2) is 36.4 Å². The van der Waals surface area contributed by atoms with Crippen LogP contribution in [0.4, 0.5) is 11.4 Å². The van der Waals surface area contributed by atoms with Crippen LogP contribution in [0.1, 0.15) is 17.3 Å². The molecule has 1 fully saturated rings. The number of piperazine rings is 1. The fraction of sp³-hybridized carbons (Fsp3) is 0.364. The molecule has 164 valence electrons. The van der Waals surface area contributed by atoms with Gasteiger partial charge in [-0.25, -0.2) is 0 Å². The third-order valence-electron chi connectivity index (χ3n) is 5.40. The number of anilines is 2. The van der Waals surface area contributed by atoms with E-state index in [1.54, 1.807) is 18.2 Å². The van der Waals surface area contributed by atoms with Gasteiger partial charge in [-0.1, -0.05) is 18.5 Å². The number of hydrogen-bond acceptors (Lipinski definition) is 6. The van der Waals surface area contributed by atoms with E-state index in [1.165, 1.54) is 0 Å². The van der Waals surface area contributed by atoms with Gasteiger partial charge in [0.25, 0.3) is 5.91 Å². The fourth-order valence-corrected chi connectivity index (χ4v) is 4.18. The summed E-state index contributed by atoms with van der Waals surface area (Å²) in [6, 6.07) is 10.8. The minimum absolute atomic E-state index is 0.195. The van der Waals surface area contributed by atoms with E-state index >= 15 is 0 Å². The Kier molecular flexibility index (Phi) is 6.80. The van der Waals surface area contributed by atoms with Crippen LogP contribution in [0.25, 0.3) is 0 Å². The number of rotatable bonds is 4. The van der Waals surface area contributed by atoms with Gasteiger partial charge in [0, 0.05) is 37.4 Å². The van der Waals surface area contributed by atoms with Gasteiger partial charge < -0.3 is 24.6 Å². The number of ether oxygens (including phenoxy) is 2. The molecule has 0 aliphatic carbocycles. The summed E-state index contributed by atoms with van der Waals surface area (Å²) in [5, 5.41) is 6.55. The number of nitrogens with zero attached hydrogens (tertiary/aromatic N) is 2. The average Bonchev–Trinajstić information content (AvgIpc) is 2.79. The van der Waals surface area contributed by atoms with E-state index in [9.17, 15) is 4.79 Å². The van der Waals surface area contributed by atoms with Gasteiger partial charge in [0.1, 0.15) is 13.2 Å². The number of likely N-dealkylation sites (N-methyl/N-ethyl adjacent to an activating group) is 1. The monoisotopic (exact) mass is 460 g/mol. The molecule has 9 heteroatoms. The van der Waals surface area contributed by atoms with Gasteiger partial charge in [0.05, 0.1) is 10.7 Å². The zero-order chi connectivity index (χ0) is 21.8. The van der Waals surface area contributed by atoms with Gasteiger partial charge >= 0.3 is 0 Å². The Morgan fingerprint density at radius 1 is 1.06 bits per heavy atom. The lowest BCUT2D eigenvalue weighted by molar-refractivity contribution is 0.0976. The van der Waals surface area contributed by atoms with Crippen LogP contribution in [0.5, 0.6) is 11.5 Å². The maximum atomic E-state index is 12.5. The smallest absolute Gasteiger partial charge is 0.257 e. The molecule has 2 heterocycles. The highest BCUT2D eigenvalue weighted by atomic mass is 35.5. The predicted octanol–water partition coefficient (Wildman–Crippen LogP) is 3.38. The minimum atomic E-state index is -0.328. The molecule has 31 heavy (non-hydrogen) atoms. The fourth-order valence-electron chi connectivity index (χ4n) is 3.67. The first-order chi connectivity index (χ1) is 15.0. The molecule has 2 N–H and O–H groups in total. The zero-order valence-electron chi connectivity index (χ0n) is 17.3. The molecule has 2 aliphatic heterocycles. The predicted molar refractivity (Wildman–Crippen MR) is 127 cm³/mol. The summed E-state index contributed by atoms with van der Waals surface area (Å²) in [4.78, 5) is 17.2. The molecule has 4 rings (SSSR count). The first-order valence-corrected chi connectivity index (χ1v) is 11.1. The van der Waals surface area contributed by atoms with E-state index in [4.69, 9.17) is 33.3 Å². The van der Waals surface area contributed by atoms with Crippen LogP contribution < -0.4 is 25.0 Å². The van der Waals surface area contributed by atoms with Gasteiger partial charge in [-0.3, -0.25) is 10.1 Å². The Balaban J connectivity index is 1.35. The number of benzene rings is 2. The number of amides is 1. The number of carbonyl (C=O) groups is 1. The molecule has 2 aromatic carbocycles. The van der Waals surface area contributed by atoms with E-state index in [0.717, 1.165) is 38.4 Å². The second-order valence-electron chi connectivity index (χ2n) is 7.35. The minimum Gasteiger partial charge on any atom is -0.486 e. The Bertz CT molecular complexity index is 979. The molecule has 0 atom stereocenters. The summed E-state index contributed by atoms with van der Waals surface area (Å²) in [7, 11) is 0. The number of carbonyl (C=O) groups excluding carboxylic acids is 1. The van der Waals surface area contributed by atoms with E-state index in [2.05, 4.69) is 27.4 Å². The second kappa shape index (κ2) is 9.72. The first-order valence-electron chi connectivity index (χ1n) is 10.3. The molecule has 2 aromatic rings. The number of fused-ring (bicyclic) bond motifs is 1. The molecule has 0 spiro atoms. The third-order valence-corrected chi connectivity index (χ3v) is 5.90. The van der Waals surface area contributed by atoms with Crippen molar-refractivity contribution in [1.29, 1.82) is 0 Å². The van der Waals surface area contributed by atoms with Crippen LogP contribution in [0.2, 0.25) is 5.02 Å². The van der Waals surface area contributed by atoms with E-state index in [1.807, 2.05) is 18.2 Å². The average molecular weight is 461 g/mol. The molecule has 0 bridgehead atoms. The highest BCUT2D eigenvalue weighted by Crippen LogP contribution is 2.31. The van der Waals surface area contributed by atoms with Crippen molar-refractivity contribution in [2.45, 2.75) is 6.92 Å². The Labute approximate surface area is 192 Å².